The molecule has 1 saturated heterocycles. The summed E-state index contributed by atoms with van der Waals surface area (Å²) in [7, 11) is 0. The maximum absolute atomic E-state index is 12.3. The predicted octanol–water partition coefficient (Wildman–Crippen LogP) is 2.93. The third-order valence-electron chi connectivity index (χ3n) is 3.22. The van der Waals surface area contributed by atoms with Crippen molar-refractivity contribution in [1.29, 1.82) is 0 Å². The van der Waals surface area contributed by atoms with E-state index in [1.165, 1.54) is 6.07 Å². The molecule has 1 N–H and O–H groups in total. The van der Waals surface area contributed by atoms with Gasteiger partial charge in [-0.1, -0.05) is 23.2 Å². The van der Waals surface area contributed by atoms with E-state index in [1.807, 2.05) is 0 Å². The normalized spacial score (nSPS) is 19.3. The number of benzene rings is 1. The molecule has 0 saturated carbocycles. The Kier molecular flexibility index (Phi) is 4.32. The molecule has 1 fully saturated rings. The first-order chi connectivity index (χ1) is 8.99. The van der Waals surface area contributed by atoms with Gasteiger partial charge in [-0.15, -0.1) is 0 Å². The van der Waals surface area contributed by atoms with Gasteiger partial charge in [-0.25, -0.2) is 0 Å². The van der Waals surface area contributed by atoms with Gasteiger partial charge in [0.2, 0.25) is 0 Å². The van der Waals surface area contributed by atoms with E-state index >= 15 is 0 Å². The number of halogens is 2. The lowest BCUT2D eigenvalue weighted by Crippen LogP contribution is -2.42. The molecular weight excluding hydrogens is 289 g/mol. The average molecular weight is 302 g/mol. The number of rotatable bonds is 2. The zero-order chi connectivity index (χ0) is 14.0. The van der Waals surface area contributed by atoms with Crippen LogP contribution in [0.5, 0.6) is 0 Å². The van der Waals surface area contributed by atoms with Crippen LogP contribution in [0.15, 0.2) is 18.2 Å². The van der Waals surface area contributed by atoms with Crippen molar-refractivity contribution in [2.75, 3.05) is 13.1 Å². The number of aliphatic carboxylic acids is 1. The molecule has 19 heavy (non-hydrogen) atoms. The number of likely N-dealkylation sites (tertiary alicyclic amines) is 1. The van der Waals surface area contributed by atoms with Crippen molar-refractivity contribution in [3.63, 3.8) is 0 Å². The van der Waals surface area contributed by atoms with Gasteiger partial charge in [-0.05, 0) is 31.0 Å². The Balaban J connectivity index is 2.14. The Morgan fingerprint density at radius 1 is 1.26 bits per heavy atom. The van der Waals surface area contributed by atoms with E-state index in [9.17, 15) is 9.59 Å². The molecule has 1 amide bonds. The number of piperidine rings is 1. The van der Waals surface area contributed by atoms with Crippen LogP contribution in [0.4, 0.5) is 0 Å². The van der Waals surface area contributed by atoms with Crippen molar-refractivity contribution < 1.29 is 14.7 Å². The summed E-state index contributed by atoms with van der Waals surface area (Å²) in [5, 5.41) is 9.72. The molecule has 0 aromatic heterocycles. The lowest BCUT2D eigenvalue weighted by atomic mass is 9.97. The van der Waals surface area contributed by atoms with E-state index < -0.39 is 11.9 Å². The number of hydrogen-bond acceptors (Lipinski definition) is 2. The van der Waals surface area contributed by atoms with Gasteiger partial charge in [0.05, 0.1) is 16.0 Å². The van der Waals surface area contributed by atoms with Gasteiger partial charge >= 0.3 is 5.97 Å². The van der Waals surface area contributed by atoms with Gasteiger partial charge in [-0.2, -0.15) is 0 Å². The second kappa shape index (κ2) is 5.80. The smallest absolute Gasteiger partial charge is 0.308 e. The Hall–Kier alpha value is -1.26. The molecule has 1 heterocycles. The molecule has 1 unspecified atom stereocenters. The topological polar surface area (TPSA) is 57.6 Å². The first-order valence-electron chi connectivity index (χ1n) is 5.96. The minimum atomic E-state index is -0.855. The van der Waals surface area contributed by atoms with Crippen molar-refractivity contribution in [2.45, 2.75) is 12.8 Å². The monoisotopic (exact) mass is 301 g/mol. The second-order valence-corrected chi connectivity index (χ2v) is 5.37. The summed E-state index contributed by atoms with van der Waals surface area (Å²) in [6, 6.07) is 4.67. The Morgan fingerprint density at radius 3 is 2.63 bits per heavy atom. The first kappa shape index (κ1) is 14.2. The number of carbonyl (C=O) groups is 2. The first-order valence-corrected chi connectivity index (χ1v) is 6.72. The maximum Gasteiger partial charge on any atom is 0.308 e. The largest absolute Gasteiger partial charge is 0.481 e. The minimum Gasteiger partial charge on any atom is -0.481 e. The standard InChI is InChI=1S/C13H13Cl2NO3/c14-10-4-3-8(6-11(10)15)12(17)16-5-1-2-9(7-16)13(18)19/h3-4,6,9H,1-2,5,7H2,(H,18,19). The van der Waals surface area contributed by atoms with Crippen molar-refractivity contribution in [1.82, 2.24) is 4.90 Å². The molecule has 1 aromatic rings. The molecule has 0 aliphatic carbocycles. The van der Waals surface area contributed by atoms with Crippen LogP contribution in [0.2, 0.25) is 10.0 Å². The molecule has 0 radical (unpaired) electrons. The highest BCUT2D eigenvalue weighted by Gasteiger charge is 2.28. The molecule has 1 aliphatic heterocycles. The highest BCUT2D eigenvalue weighted by atomic mass is 35.5. The molecule has 1 aliphatic rings. The van der Waals surface area contributed by atoms with Crippen LogP contribution in [-0.2, 0) is 4.79 Å². The average Bonchev–Trinajstić information content (AvgIpc) is 2.41. The van der Waals surface area contributed by atoms with Gasteiger partial charge in [0.25, 0.3) is 5.91 Å². The van der Waals surface area contributed by atoms with Gasteiger partial charge in [0.15, 0.2) is 0 Å². The van der Waals surface area contributed by atoms with Crippen LogP contribution in [-0.4, -0.2) is 35.0 Å². The number of hydrogen-bond donors (Lipinski definition) is 1. The zero-order valence-corrected chi connectivity index (χ0v) is 11.6. The molecule has 0 bridgehead atoms. The molecule has 2 rings (SSSR count). The summed E-state index contributed by atoms with van der Waals surface area (Å²) in [4.78, 5) is 24.8. The zero-order valence-electron chi connectivity index (χ0n) is 10.1. The van der Waals surface area contributed by atoms with E-state index in [0.29, 0.717) is 35.0 Å². The maximum atomic E-state index is 12.3. The number of carboxylic acid groups (broad SMARTS) is 1. The van der Waals surface area contributed by atoms with Crippen LogP contribution in [0.3, 0.4) is 0 Å². The summed E-state index contributed by atoms with van der Waals surface area (Å²) < 4.78 is 0. The fourth-order valence-electron chi connectivity index (χ4n) is 2.17. The molecule has 0 spiro atoms. The summed E-state index contributed by atoms with van der Waals surface area (Å²) >= 11 is 11.7. The van der Waals surface area contributed by atoms with E-state index in [2.05, 4.69) is 0 Å². The van der Waals surface area contributed by atoms with Crippen molar-refractivity contribution in [3.05, 3.63) is 33.8 Å². The number of carboxylic acids is 1. The molecule has 1 atom stereocenters. The van der Waals surface area contributed by atoms with Crippen LogP contribution in [0.1, 0.15) is 23.2 Å². The molecule has 1 aromatic carbocycles. The quantitative estimate of drug-likeness (QED) is 0.914. The van der Waals surface area contributed by atoms with Crippen molar-refractivity contribution in [2.24, 2.45) is 5.92 Å². The van der Waals surface area contributed by atoms with Crippen LogP contribution in [0.25, 0.3) is 0 Å². The fourth-order valence-corrected chi connectivity index (χ4v) is 2.47. The third-order valence-corrected chi connectivity index (χ3v) is 3.96. The van der Waals surface area contributed by atoms with Gasteiger partial charge in [-0.3, -0.25) is 9.59 Å². The van der Waals surface area contributed by atoms with Crippen molar-refractivity contribution in [3.8, 4) is 0 Å². The highest BCUT2D eigenvalue weighted by molar-refractivity contribution is 6.42. The second-order valence-electron chi connectivity index (χ2n) is 4.56. The van der Waals surface area contributed by atoms with Gasteiger partial charge in [0, 0.05) is 18.7 Å². The summed E-state index contributed by atoms with van der Waals surface area (Å²) in [6.45, 7) is 0.817. The van der Waals surface area contributed by atoms with E-state index in [-0.39, 0.29) is 12.5 Å². The SMILES string of the molecule is O=C(O)C1CCCN(C(=O)c2ccc(Cl)c(Cl)c2)C1. The molecular formula is C13H13Cl2NO3. The third kappa shape index (κ3) is 3.19. The highest BCUT2D eigenvalue weighted by Crippen LogP contribution is 2.24. The van der Waals surface area contributed by atoms with Crippen LogP contribution in [0, 0.1) is 5.92 Å². The molecule has 6 heteroatoms. The minimum absolute atomic E-state index is 0.204. The lowest BCUT2D eigenvalue weighted by molar-refractivity contribution is -0.143. The number of carbonyl (C=O) groups excluding carboxylic acids is 1. The Bertz CT molecular complexity index is 519. The van der Waals surface area contributed by atoms with Gasteiger partial charge in [0.1, 0.15) is 0 Å². The molecule has 102 valence electrons. The van der Waals surface area contributed by atoms with E-state index in [4.69, 9.17) is 28.3 Å². The van der Waals surface area contributed by atoms with E-state index in [0.717, 1.165) is 0 Å². The Morgan fingerprint density at radius 2 is 2.00 bits per heavy atom. The Labute approximate surface area is 120 Å². The summed E-state index contributed by atoms with van der Waals surface area (Å²) in [5.41, 5.74) is 0.431. The van der Waals surface area contributed by atoms with Crippen molar-refractivity contribution >= 4 is 35.1 Å². The van der Waals surface area contributed by atoms with Crippen LogP contribution >= 0.6 is 23.2 Å². The number of amides is 1. The van der Waals surface area contributed by atoms with E-state index in [1.54, 1.807) is 17.0 Å². The van der Waals surface area contributed by atoms with Gasteiger partial charge < -0.3 is 10.0 Å². The predicted molar refractivity (Wildman–Crippen MR) is 72.7 cm³/mol. The summed E-state index contributed by atoms with van der Waals surface area (Å²) in [5.74, 6) is -1.54. The fraction of sp³-hybridized carbons (Fsp3) is 0.385. The lowest BCUT2D eigenvalue weighted by Gasteiger charge is -2.30. The number of nitrogens with zero attached hydrogens (tertiary/aromatic N) is 1. The van der Waals surface area contributed by atoms with Crippen LogP contribution < -0.4 is 0 Å². The summed E-state index contributed by atoms with van der Waals surface area (Å²) in [6.07, 6.45) is 1.31. The molecule has 4 nitrogen and oxygen atoms in total.